The minimum absolute atomic E-state index is 0.140. The van der Waals surface area contributed by atoms with Gasteiger partial charge >= 0.3 is 0 Å². The zero-order valence-electron chi connectivity index (χ0n) is 11.3. The van der Waals surface area contributed by atoms with Gasteiger partial charge in [0.15, 0.2) is 0 Å². The first-order chi connectivity index (χ1) is 9.33. The number of rotatable bonds is 5. The Hall–Kier alpha value is -1.36. The summed E-state index contributed by atoms with van der Waals surface area (Å²) in [6.45, 7) is 3.89. The molecule has 0 aliphatic carbocycles. The zero-order chi connectivity index (χ0) is 13.1. The second kappa shape index (κ2) is 5.74. The number of amides is 1. The monoisotopic (exact) mass is 262 g/mol. The van der Waals surface area contributed by atoms with Crippen LogP contribution in [0.3, 0.4) is 0 Å². The number of piperidine rings is 3. The van der Waals surface area contributed by atoms with E-state index in [4.69, 9.17) is 0 Å². The van der Waals surface area contributed by atoms with E-state index in [2.05, 4.69) is 15.2 Å². The van der Waals surface area contributed by atoms with Gasteiger partial charge in [0, 0.05) is 25.5 Å². The Balaban J connectivity index is 1.39. The third kappa shape index (κ3) is 2.97. The van der Waals surface area contributed by atoms with E-state index in [0.717, 1.165) is 44.9 Å². The van der Waals surface area contributed by atoms with Gasteiger partial charge in [0.1, 0.15) is 0 Å². The molecule has 1 aromatic rings. The van der Waals surface area contributed by atoms with Gasteiger partial charge in [0.2, 0.25) is 5.91 Å². The van der Waals surface area contributed by atoms with Crippen molar-refractivity contribution < 1.29 is 4.79 Å². The number of hydrogen-bond acceptors (Lipinski definition) is 3. The highest BCUT2D eigenvalue weighted by Crippen LogP contribution is 2.31. The lowest BCUT2D eigenvalue weighted by Gasteiger charge is -2.44. The molecular formula is C14H22N4O. The van der Waals surface area contributed by atoms with Crippen molar-refractivity contribution >= 4 is 5.91 Å². The van der Waals surface area contributed by atoms with Gasteiger partial charge in [-0.25, -0.2) is 4.98 Å². The summed E-state index contributed by atoms with van der Waals surface area (Å²) in [6, 6.07) is 0.140. The van der Waals surface area contributed by atoms with Crippen LogP contribution in [-0.2, 0) is 11.3 Å². The number of carbonyl (C=O) groups is 1. The first-order valence-corrected chi connectivity index (χ1v) is 7.30. The smallest absolute Gasteiger partial charge is 0.237 e. The van der Waals surface area contributed by atoms with Crippen LogP contribution >= 0.6 is 0 Å². The molecule has 104 valence electrons. The SMILES string of the molecule is O=C(NCCCn1ccnc1)C1CC2CCN1CC2. The minimum Gasteiger partial charge on any atom is -0.355 e. The van der Waals surface area contributed by atoms with E-state index < -0.39 is 0 Å². The number of carbonyl (C=O) groups excluding carboxylic acids is 1. The summed E-state index contributed by atoms with van der Waals surface area (Å²) < 4.78 is 2.04. The minimum atomic E-state index is 0.140. The molecule has 1 atom stereocenters. The van der Waals surface area contributed by atoms with Gasteiger partial charge in [-0.15, -0.1) is 0 Å². The molecule has 1 aromatic heterocycles. The molecule has 1 unspecified atom stereocenters. The Labute approximate surface area is 114 Å². The molecule has 3 saturated heterocycles. The first kappa shape index (κ1) is 12.7. The van der Waals surface area contributed by atoms with Crippen molar-refractivity contribution in [3.63, 3.8) is 0 Å². The summed E-state index contributed by atoms with van der Waals surface area (Å²) in [4.78, 5) is 18.5. The van der Waals surface area contributed by atoms with E-state index in [-0.39, 0.29) is 11.9 Å². The van der Waals surface area contributed by atoms with Crippen LogP contribution in [0.2, 0.25) is 0 Å². The van der Waals surface area contributed by atoms with Gasteiger partial charge in [-0.3, -0.25) is 9.69 Å². The molecule has 4 heterocycles. The summed E-state index contributed by atoms with van der Waals surface area (Å²) >= 11 is 0. The number of nitrogens with one attached hydrogen (secondary N) is 1. The first-order valence-electron chi connectivity index (χ1n) is 7.30. The standard InChI is InChI=1S/C14H22N4O/c19-14(13-10-12-2-7-18(13)8-3-12)16-4-1-6-17-9-5-15-11-17/h5,9,11-13H,1-4,6-8,10H2,(H,16,19). The topological polar surface area (TPSA) is 50.2 Å². The predicted octanol–water partition coefficient (Wildman–Crippen LogP) is 0.874. The second-order valence-corrected chi connectivity index (χ2v) is 5.68. The summed E-state index contributed by atoms with van der Waals surface area (Å²) in [5.74, 6) is 1.02. The number of aryl methyl sites for hydroxylation is 1. The number of hydrogen-bond donors (Lipinski definition) is 1. The molecule has 0 aromatic carbocycles. The summed E-state index contributed by atoms with van der Waals surface area (Å²) in [7, 11) is 0. The maximum Gasteiger partial charge on any atom is 0.237 e. The molecule has 0 saturated carbocycles. The number of imidazole rings is 1. The molecule has 1 N–H and O–H groups in total. The molecule has 19 heavy (non-hydrogen) atoms. The van der Waals surface area contributed by atoms with Crippen LogP contribution in [0.5, 0.6) is 0 Å². The highest BCUT2D eigenvalue weighted by molar-refractivity contribution is 5.82. The highest BCUT2D eigenvalue weighted by atomic mass is 16.2. The summed E-state index contributed by atoms with van der Waals surface area (Å²) in [5.41, 5.74) is 0. The van der Waals surface area contributed by atoms with Gasteiger partial charge in [0.25, 0.3) is 0 Å². The molecule has 3 aliphatic rings. The fourth-order valence-electron chi connectivity index (χ4n) is 3.25. The van der Waals surface area contributed by atoms with Crippen molar-refractivity contribution in [1.82, 2.24) is 19.8 Å². The van der Waals surface area contributed by atoms with Crippen LogP contribution in [0.15, 0.2) is 18.7 Å². The Kier molecular flexibility index (Phi) is 3.82. The van der Waals surface area contributed by atoms with Gasteiger partial charge in [0.05, 0.1) is 12.4 Å². The van der Waals surface area contributed by atoms with Crippen molar-refractivity contribution in [3.8, 4) is 0 Å². The molecular weight excluding hydrogens is 240 g/mol. The third-order valence-corrected chi connectivity index (χ3v) is 4.40. The summed E-state index contributed by atoms with van der Waals surface area (Å²) in [6.07, 6.45) is 10.1. The second-order valence-electron chi connectivity index (χ2n) is 5.68. The molecule has 1 amide bonds. The van der Waals surface area contributed by atoms with Crippen LogP contribution in [0.1, 0.15) is 25.7 Å². The molecule has 2 bridgehead atoms. The molecule has 5 nitrogen and oxygen atoms in total. The fraction of sp³-hybridized carbons (Fsp3) is 0.714. The van der Waals surface area contributed by atoms with Crippen molar-refractivity contribution in [1.29, 1.82) is 0 Å². The quantitative estimate of drug-likeness (QED) is 0.801. The lowest BCUT2D eigenvalue weighted by atomic mass is 9.83. The van der Waals surface area contributed by atoms with Crippen LogP contribution in [0, 0.1) is 5.92 Å². The number of fused-ring (bicyclic) bond motifs is 3. The lowest BCUT2D eigenvalue weighted by Crippen LogP contribution is -2.55. The average molecular weight is 262 g/mol. The molecule has 0 spiro atoms. The summed E-state index contributed by atoms with van der Waals surface area (Å²) in [5, 5.41) is 3.09. The Morgan fingerprint density at radius 2 is 2.21 bits per heavy atom. The molecule has 0 radical (unpaired) electrons. The van der Waals surface area contributed by atoms with Crippen LogP contribution in [-0.4, -0.2) is 46.0 Å². The third-order valence-electron chi connectivity index (χ3n) is 4.40. The maximum absolute atomic E-state index is 12.2. The average Bonchev–Trinajstić information content (AvgIpc) is 2.98. The van der Waals surface area contributed by atoms with Gasteiger partial charge in [-0.1, -0.05) is 0 Å². The van der Waals surface area contributed by atoms with Crippen molar-refractivity contribution in [2.75, 3.05) is 19.6 Å². The van der Waals surface area contributed by atoms with Crippen LogP contribution in [0.25, 0.3) is 0 Å². The van der Waals surface area contributed by atoms with Gasteiger partial charge in [-0.05, 0) is 44.7 Å². The normalized spacial score (nSPS) is 29.4. The van der Waals surface area contributed by atoms with E-state index in [1.807, 2.05) is 17.1 Å². The zero-order valence-corrected chi connectivity index (χ0v) is 11.3. The van der Waals surface area contributed by atoms with Gasteiger partial charge < -0.3 is 9.88 Å². The number of aromatic nitrogens is 2. The van der Waals surface area contributed by atoms with Crippen molar-refractivity contribution in [2.24, 2.45) is 5.92 Å². The van der Waals surface area contributed by atoms with E-state index in [1.54, 1.807) is 6.20 Å². The van der Waals surface area contributed by atoms with Crippen molar-refractivity contribution in [3.05, 3.63) is 18.7 Å². The fourth-order valence-corrected chi connectivity index (χ4v) is 3.25. The Bertz CT molecular complexity index is 409. The number of nitrogens with zero attached hydrogens (tertiary/aromatic N) is 3. The molecule has 5 heteroatoms. The Morgan fingerprint density at radius 1 is 1.37 bits per heavy atom. The molecule has 4 rings (SSSR count). The van der Waals surface area contributed by atoms with Crippen LogP contribution in [0.4, 0.5) is 0 Å². The van der Waals surface area contributed by atoms with E-state index >= 15 is 0 Å². The lowest BCUT2D eigenvalue weighted by molar-refractivity contribution is -0.130. The Morgan fingerprint density at radius 3 is 2.84 bits per heavy atom. The molecule has 3 aliphatic heterocycles. The largest absolute Gasteiger partial charge is 0.355 e. The van der Waals surface area contributed by atoms with E-state index in [9.17, 15) is 4.79 Å². The maximum atomic E-state index is 12.2. The highest BCUT2D eigenvalue weighted by Gasteiger charge is 2.37. The van der Waals surface area contributed by atoms with E-state index in [0.29, 0.717) is 0 Å². The van der Waals surface area contributed by atoms with E-state index in [1.165, 1.54) is 12.8 Å². The molecule has 3 fully saturated rings. The van der Waals surface area contributed by atoms with Gasteiger partial charge in [-0.2, -0.15) is 0 Å². The van der Waals surface area contributed by atoms with Crippen LogP contribution < -0.4 is 5.32 Å². The predicted molar refractivity (Wildman–Crippen MR) is 72.6 cm³/mol. The van der Waals surface area contributed by atoms with Crippen molar-refractivity contribution in [2.45, 2.75) is 38.3 Å².